The van der Waals surface area contributed by atoms with Crippen molar-refractivity contribution in [2.75, 3.05) is 13.2 Å². The summed E-state index contributed by atoms with van der Waals surface area (Å²) in [6.45, 7) is 5.79. The molecule has 4 nitrogen and oxygen atoms in total. The molecule has 94 valence electrons. The van der Waals surface area contributed by atoms with Gasteiger partial charge in [-0.05, 0) is 33.2 Å². The van der Waals surface area contributed by atoms with Crippen LogP contribution < -0.4 is 15.5 Å². The predicted molar refractivity (Wildman–Crippen MR) is 67.6 cm³/mol. The van der Waals surface area contributed by atoms with E-state index in [0.29, 0.717) is 24.4 Å². The molecule has 0 aromatic carbocycles. The van der Waals surface area contributed by atoms with Crippen molar-refractivity contribution < 1.29 is 4.74 Å². The fourth-order valence-electron chi connectivity index (χ4n) is 2.00. The van der Waals surface area contributed by atoms with Gasteiger partial charge >= 0.3 is 0 Å². The molecule has 2 heterocycles. The van der Waals surface area contributed by atoms with Crippen molar-refractivity contribution in [1.29, 1.82) is 0 Å². The van der Waals surface area contributed by atoms with E-state index in [-0.39, 0.29) is 5.43 Å². The van der Waals surface area contributed by atoms with E-state index >= 15 is 0 Å². The zero-order valence-corrected chi connectivity index (χ0v) is 10.5. The van der Waals surface area contributed by atoms with E-state index in [1.54, 1.807) is 18.5 Å². The van der Waals surface area contributed by atoms with Gasteiger partial charge in [0.1, 0.15) is 6.61 Å². The van der Waals surface area contributed by atoms with Crippen LogP contribution in [0.2, 0.25) is 0 Å². The zero-order chi connectivity index (χ0) is 12.3. The van der Waals surface area contributed by atoms with Crippen LogP contribution in [0.4, 0.5) is 0 Å². The lowest BCUT2D eigenvalue weighted by Gasteiger charge is -2.14. The first-order valence-electron chi connectivity index (χ1n) is 6.25. The van der Waals surface area contributed by atoms with Gasteiger partial charge in [-0.1, -0.05) is 0 Å². The Labute approximate surface area is 102 Å². The molecule has 1 aliphatic rings. The molecule has 1 atom stereocenters. The summed E-state index contributed by atoms with van der Waals surface area (Å²) in [6.07, 6.45) is 5.92. The highest BCUT2D eigenvalue weighted by molar-refractivity contribution is 5.17. The van der Waals surface area contributed by atoms with Gasteiger partial charge in [0.05, 0.1) is 6.20 Å². The van der Waals surface area contributed by atoms with E-state index in [0.717, 1.165) is 13.0 Å². The van der Waals surface area contributed by atoms with Gasteiger partial charge in [0, 0.05) is 24.3 Å². The van der Waals surface area contributed by atoms with Crippen molar-refractivity contribution in [3.05, 3.63) is 28.7 Å². The summed E-state index contributed by atoms with van der Waals surface area (Å²) in [6, 6.07) is 2.29. The van der Waals surface area contributed by atoms with Crippen LogP contribution in [0.5, 0.6) is 5.75 Å². The van der Waals surface area contributed by atoms with Crippen LogP contribution in [0, 0.1) is 0 Å². The molecule has 1 aromatic rings. The second-order valence-electron chi connectivity index (χ2n) is 4.82. The Kier molecular flexibility index (Phi) is 3.84. The van der Waals surface area contributed by atoms with Crippen LogP contribution in [0.1, 0.15) is 32.7 Å². The largest absolute Gasteiger partial charge is 0.486 e. The van der Waals surface area contributed by atoms with Crippen LogP contribution in [-0.2, 0) is 0 Å². The van der Waals surface area contributed by atoms with E-state index in [1.807, 2.05) is 4.57 Å². The minimum atomic E-state index is -0.0418. The van der Waals surface area contributed by atoms with E-state index < -0.39 is 0 Å². The van der Waals surface area contributed by atoms with Gasteiger partial charge in [0.2, 0.25) is 5.43 Å². The summed E-state index contributed by atoms with van der Waals surface area (Å²) in [5, 5.41) is 3.35. The number of aromatic nitrogens is 1. The smallest absolute Gasteiger partial charge is 0.223 e. The average Bonchev–Trinajstić information content (AvgIpc) is 2.80. The lowest BCUT2D eigenvalue weighted by Crippen LogP contribution is -2.29. The van der Waals surface area contributed by atoms with Crippen LogP contribution in [0.25, 0.3) is 0 Å². The van der Waals surface area contributed by atoms with Crippen molar-refractivity contribution >= 4 is 0 Å². The van der Waals surface area contributed by atoms with Gasteiger partial charge in [0.25, 0.3) is 0 Å². The molecule has 0 amide bonds. The number of ether oxygens (including phenoxy) is 1. The Bertz CT molecular complexity index is 420. The van der Waals surface area contributed by atoms with Gasteiger partial charge < -0.3 is 14.6 Å². The summed E-state index contributed by atoms with van der Waals surface area (Å²) in [4.78, 5) is 11.6. The summed E-state index contributed by atoms with van der Waals surface area (Å²) in [7, 11) is 0. The SMILES string of the molecule is CC(C)n1ccc(=O)c(OCC2CCCN2)c1. The van der Waals surface area contributed by atoms with E-state index in [2.05, 4.69) is 19.2 Å². The fraction of sp³-hybridized carbons (Fsp3) is 0.615. The van der Waals surface area contributed by atoms with Crippen LogP contribution in [0.15, 0.2) is 23.3 Å². The maximum absolute atomic E-state index is 11.6. The molecule has 0 bridgehead atoms. The molecule has 17 heavy (non-hydrogen) atoms. The average molecular weight is 236 g/mol. The van der Waals surface area contributed by atoms with E-state index in [4.69, 9.17) is 4.74 Å². The third kappa shape index (κ3) is 3.09. The van der Waals surface area contributed by atoms with Gasteiger partial charge in [-0.15, -0.1) is 0 Å². The Balaban J connectivity index is 2.03. The third-order valence-electron chi connectivity index (χ3n) is 3.11. The maximum atomic E-state index is 11.6. The Hall–Kier alpha value is -1.29. The molecule has 1 N–H and O–H groups in total. The summed E-state index contributed by atoms with van der Waals surface area (Å²) < 4.78 is 7.60. The van der Waals surface area contributed by atoms with Crippen molar-refractivity contribution in [3.63, 3.8) is 0 Å². The molecule has 0 saturated carbocycles. The van der Waals surface area contributed by atoms with Gasteiger partial charge in [-0.3, -0.25) is 4.79 Å². The number of nitrogens with zero attached hydrogens (tertiary/aromatic N) is 1. The number of hydrogen-bond donors (Lipinski definition) is 1. The topological polar surface area (TPSA) is 43.3 Å². The first kappa shape index (κ1) is 12.2. The van der Waals surface area contributed by atoms with Crippen LogP contribution in [-0.4, -0.2) is 23.8 Å². The second kappa shape index (κ2) is 5.36. The van der Waals surface area contributed by atoms with Crippen molar-refractivity contribution in [3.8, 4) is 5.75 Å². The first-order valence-corrected chi connectivity index (χ1v) is 6.25. The Morgan fingerprint density at radius 3 is 3.06 bits per heavy atom. The molecule has 1 saturated heterocycles. The maximum Gasteiger partial charge on any atom is 0.223 e. The lowest BCUT2D eigenvalue weighted by atomic mass is 10.2. The standard InChI is InChI=1S/C13H20N2O2/c1-10(2)15-7-5-12(16)13(8-15)17-9-11-4-3-6-14-11/h5,7-8,10-11,14H,3-4,6,9H2,1-2H3. The molecular formula is C13H20N2O2. The molecule has 0 radical (unpaired) electrons. The highest BCUT2D eigenvalue weighted by Crippen LogP contribution is 2.11. The molecule has 1 aromatic heterocycles. The third-order valence-corrected chi connectivity index (χ3v) is 3.11. The highest BCUT2D eigenvalue weighted by Gasteiger charge is 2.15. The number of hydrogen-bond acceptors (Lipinski definition) is 3. The fourth-order valence-corrected chi connectivity index (χ4v) is 2.00. The minimum absolute atomic E-state index is 0.0418. The quantitative estimate of drug-likeness (QED) is 0.862. The first-order chi connectivity index (χ1) is 8.16. The Morgan fingerprint density at radius 2 is 2.41 bits per heavy atom. The second-order valence-corrected chi connectivity index (χ2v) is 4.82. The van der Waals surface area contributed by atoms with Crippen LogP contribution >= 0.6 is 0 Å². The molecule has 4 heteroatoms. The molecule has 2 rings (SSSR count). The van der Waals surface area contributed by atoms with Crippen molar-refractivity contribution in [2.24, 2.45) is 0 Å². The molecule has 0 spiro atoms. The Morgan fingerprint density at radius 1 is 1.59 bits per heavy atom. The van der Waals surface area contributed by atoms with Gasteiger partial charge in [-0.2, -0.15) is 0 Å². The minimum Gasteiger partial charge on any atom is -0.486 e. The molecule has 1 aliphatic heterocycles. The molecule has 1 fully saturated rings. The van der Waals surface area contributed by atoms with E-state index in [9.17, 15) is 4.79 Å². The number of rotatable bonds is 4. The highest BCUT2D eigenvalue weighted by atomic mass is 16.5. The monoisotopic (exact) mass is 236 g/mol. The number of pyridine rings is 1. The molecular weight excluding hydrogens is 216 g/mol. The van der Waals surface area contributed by atoms with Crippen LogP contribution in [0.3, 0.4) is 0 Å². The van der Waals surface area contributed by atoms with E-state index in [1.165, 1.54) is 6.42 Å². The summed E-state index contributed by atoms with van der Waals surface area (Å²) in [5.74, 6) is 0.454. The van der Waals surface area contributed by atoms with Gasteiger partial charge in [0.15, 0.2) is 5.75 Å². The summed E-state index contributed by atoms with van der Waals surface area (Å²) >= 11 is 0. The summed E-state index contributed by atoms with van der Waals surface area (Å²) in [5.41, 5.74) is -0.0418. The lowest BCUT2D eigenvalue weighted by molar-refractivity contribution is 0.272. The zero-order valence-electron chi connectivity index (χ0n) is 10.5. The van der Waals surface area contributed by atoms with Gasteiger partial charge in [-0.25, -0.2) is 0 Å². The molecule has 1 unspecified atom stereocenters. The van der Waals surface area contributed by atoms with Crippen molar-refractivity contribution in [1.82, 2.24) is 9.88 Å². The predicted octanol–water partition coefficient (Wildman–Crippen LogP) is 1.56. The molecule has 0 aliphatic carbocycles. The number of nitrogens with one attached hydrogen (secondary N) is 1. The normalized spacial score (nSPS) is 19.8. The van der Waals surface area contributed by atoms with Crippen molar-refractivity contribution in [2.45, 2.75) is 38.8 Å².